The number of hydrogen-bond donors (Lipinski definition) is 0. The SMILES string of the molecule is CCOc1cccc(-n2ccc3c2CCCC3=O)c1. The van der Waals surface area contributed by atoms with Crippen LogP contribution in [0.4, 0.5) is 0 Å². The number of ether oxygens (including phenoxy) is 1. The largest absolute Gasteiger partial charge is 0.494 e. The zero-order chi connectivity index (χ0) is 13.2. The summed E-state index contributed by atoms with van der Waals surface area (Å²) in [6.45, 7) is 2.63. The molecule has 98 valence electrons. The molecular weight excluding hydrogens is 238 g/mol. The van der Waals surface area contributed by atoms with Crippen molar-refractivity contribution in [1.29, 1.82) is 0 Å². The Kier molecular flexibility index (Phi) is 3.11. The number of carbonyl (C=O) groups is 1. The van der Waals surface area contributed by atoms with Crippen LogP contribution in [0.25, 0.3) is 5.69 Å². The van der Waals surface area contributed by atoms with Crippen LogP contribution in [0.3, 0.4) is 0 Å². The average Bonchev–Trinajstić information content (AvgIpc) is 2.85. The minimum absolute atomic E-state index is 0.265. The summed E-state index contributed by atoms with van der Waals surface area (Å²) in [5.41, 5.74) is 3.07. The van der Waals surface area contributed by atoms with Crippen molar-refractivity contribution in [2.24, 2.45) is 0 Å². The van der Waals surface area contributed by atoms with Crippen LogP contribution in [0.2, 0.25) is 0 Å². The van der Waals surface area contributed by atoms with E-state index in [-0.39, 0.29) is 5.78 Å². The molecule has 0 saturated heterocycles. The molecule has 0 aliphatic heterocycles. The van der Waals surface area contributed by atoms with Crippen LogP contribution >= 0.6 is 0 Å². The molecule has 19 heavy (non-hydrogen) atoms. The van der Waals surface area contributed by atoms with Gasteiger partial charge < -0.3 is 9.30 Å². The molecule has 0 spiro atoms. The monoisotopic (exact) mass is 255 g/mol. The fraction of sp³-hybridized carbons (Fsp3) is 0.312. The number of aromatic nitrogens is 1. The van der Waals surface area contributed by atoms with Gasteiger partial charge in [0.2, 0.25) is 0 Å². The van der Waals surface area contributed by atoms with Crippen LogP contribution in [0.15, 0.2) is 36.5 Å². The highest BCUT2D eigenvalue weighted by Gasteiger charge is 2.21. The molecule has 0 radical (unpaired) electrons. The topological polar surface area (TPSA) is 31.2 Å². The maximum Gasteiger partial charge on any atom is 0.164 e. The number of fused-ring (bicyclic) bond motifs is 1. The van der Waals surface area contributed by atoms with Crippen molar-refractivity contribution in [3.05, 3.63) is 47.8 Å². The molecule has 2 aromatic rings. The fourth-order valence-electron chi connectivity index (χ4n) is 2.66. The molecule has 1 aliphatic carbocycles. The first-order chi connectivity index (χ1) is 9.29. The second-order valence-corrected chi connectivity index (χ2v) is 4.75. The first kappa shape index (κ1) is 12.0. The zero-order valence-corrected chi connectivity index (χ0v) is 11.1. The number of carbonyl (C=O) groups excluding carboxylic acids is 1. The third-order valence-electron chi connectivity index (χ3n) is 3.52. The predicted octanol–water partition coefficient (Wildman–Crippen LogP) is 3.40. The lowest BCUT2D eigenvalue weighted by molar-refractivity contribution is 0.0972. The number of ketones is 1. The van der Waals surface area contributed by atoms with Gasteiger partial charge in [-0.2, -0.15) is 0 Å². The van der Waals surface area contributed by atoms with Crippen LogP contribution < -0.4 is 4.74 Å². The first-order valence-corrected chi connectivity index (χ1v) is 6.76. The molecule has 0 N–H and O–H groups in total. The summed E-state index contributed by atoms with van der Waals surface area (Å²) in [7, 11) is 0. The molecule has 0 amide bonds. The Labute approximate surface area is 112 Å². The van der Waals surface area contributed by atoms with E-state index in [1.54, 1.807) is 0 Å². The van der Waals surface area contributed by atoms with Crippen molar-refractivity contribution < 1.29 is 9.53 Å². The van der Waals surface area contributed by atoms with Gasteiger partial charge in [-0.15, -0.1) is 0 Å². The summed E-state index contributed by atoms with van der Waals surface area (Å²) >= 11 is 0. The lowest BCUT2D eigenvalue weighted by Gasteiger charge is -2.15. The van der Waals surface area contributed by atoms with Gasteiger partial charge in [0.1, 0.15) is 5.75 Å². The molecule has 3 rings (SSSR count). The van der Waals surface area contributed by atoms with E-state index in [9.17, 15) is 4.79 Å². The Morgan fingerprint density at radius 2 is 2.16 bits per heavy atom. The van der Waals surface area contributed by atoms with E-state index >= 15 is 0 Å². The quantitative estimate of drug-likeness (QED) is 0.841. The molecule has 0 atom stereocenters. The predicted molar refractivity (Wildman–Crippen MR) is 74.2 cm³/mol. The number of Topliss-reactive ketones (excluding diaryl/α,β-unsaturated/α-hetero) is 1. The Hall–Kier alpha value is -2.03. The van der Waals surface area contributed by atoms with Crippen LogP contribution in [-0.4, -0.2) is 17.0 Å². The molecule has 1 aliphatic rings. The van der Waals surface area contributed by atoms with Crippen LogP contribution in [0.1, 0.15) is 35.8 Å². The Balaban J connectivity index is 2.03. The summed E-state index contributed by atoms with van der Waals surface area (Å²) in [6, 6.07) is 9.93. The van der Waals surface area contributed by atoms with Gasteiger partial charge in [0.25, 0.3) is 0 Å². The molecule has 1 aromatic heterocycles. The van der Waals surface area contributed by atoms with Crippen LogP contribution in [0, 0.1) is 0 Å². The van der Waals surface area contributed by atoms with Gasteiger partial charge in [-0.3, -0.25) is 4.79 Å². The van der Waals surface area contributed by atoms with Gasteiger partial charge in [0, 0.05) is 35.6 Å². The van der Waals surface area contributed by atoms with E-state index in [4.69, 9.17) is 4.74 Å². The Morgan fingerprint density at radius 1 is 1.26 bits per heavy atom. The van der Waals surface area contributed by atoms with Crippen molar-refractivity contribution >= 4 is 5.78 Å². The maximum atomic E-state index is 11.9. The van der Waals surface area contributed by atoms with E-state index in [1.807, 2.05) is 43.5 Å². The number of hydrogen-bond acceptors (Lipinski definition) is 2. The van der Waals surface area contributed by atoms with Gasteiger partial charge >= 0.3 is 0 Å². The summed E-state index contributed by atoms with van der Waals surface area (Å²) in [5, 5.41) is 0. The molecule has 0 unspecified atom stereocenters. The Morgan fingerprint density at radius 3 is 3.00 bits per heavy atom. The zero-order valence-electron chi connectivity index (χ0n) is 11.1. The van der Waals surface area contributed by atoms with Crippen molar-refractivity contribution in [2.75, 3.05) is 6.61 Å². The normalized spacial score (nSPS) is 14.3. The van der Waals surface area contributed by atoms with E-state index in [1.165, 1.54) is 0 Å². The van der Waals surface area contributed by atoms with E-state index in [0.29, 0.717) is 13.0 Å². The second kappa shape index (κ2) is 4.92. The van der Waals surface area contributed by atoms with Gasteiger partial charge in [-0.05, 0) is 38.0 Å². The molecule has 3 heteroatoms. The van der Waals surface area contributed by atoms with Gasteiger partial charge in [0.05, 0.1) is 6.61 Å². The summed E-state index contributed by atoms with van der Waals surface area (Å²) in [6.07, 6.45) is 4.57. The smallest absolute Gasteiger partial charge is 0.164 e. The molecule has 0 bridgehead atoms. The molecule has 1 heterocycles. The molecule has 3 nitrogen and oxygen atoms in total. The van der Waals surface area contributed by atoms with Crippen LogP contribution in [0.5, 0.6) is 5.75 Å². The van der Waals surface area contributed by atoms with E-state index in [0.717, 1.165) is 35.5 Å². The fourth-order valence-corrected chi connectivity index (χ4v) is 2.66. The minimum Gasteiger partial charge on any atom is -0.494 e. The summed E-state index contributed by atoms with van der Waals surface area (Å²) < 4.78 is 7.64. The maximum absolute atomic E-state index is 11.9. The molecular formula is C16H17NO2. The molecule has 0 fully saturated rings. The number of rotatable bonds is 3. The molecule has 1 aromatic carbocycles. The number of nitrogens with zero attached hydrogens (tertiary/aromatic N) is 1. The van der Waals surface area contributed by atoms with Crippen molar-refractivity contribution in [3.63, 3.8) is 0 Å². The van der Waals surface area contributed by atoms with E-state index < -0.39 is 0 Å². The average molecular weight is 255 g/mol. The third-order valence-corrected chi connectivity index (χ3v) is 3.52. The lowest BCUT2D eigenvalue weighted by Crippen LogP contribution is -2.12. The van der Waals surface area contributed by atoms with E-state index in [2.05, 4.69) is 4.57 Å². The highest BCUT2D eigenvalue weighted by molar-refractivity contribution is 5.98. The minimum atomic E-state index is 0.265. The van der Waals surface area contributed by atoms with Crippen molar-refractivity contribution in [1.82, 2.24) is 4.57 Å². The van der Waals surface area contributed by atoms with Crippen molar-refractivity contribution in [3.8, 4) is 11.4 Å². The standard InChI is InChI=1S/C16H17NO2/c1-2-19-13-6-3-5-12(11-13)17-10-9-14-15(17)7-4-8-16(14)18/h3,5-6,9-11H,2,4,7-8H2,1H3. The summed E-state index contributed by atoms with van der Waals surface area (Å²) in [4.78, 5) is 11.9. The van der Waals surface area contributed by atoms with Gasteiger partial charge in [0.15, 0.2) is 5.78 Å². The highest BCUT2D eigenvalue weighted by Crippen LogP contribution is 2.26. The van der Waals surface area contributed by atoms with Gasteiger partial charge in [-0.1, -0.05) is 6.07 Å². The summed E-state index contributed by atoms with van der Waals surface area (Å²) in [5.74, 6) is 1.13. The lowest BCUT2D eigenvalue weighted by atomic mass is 9.97. The van der Waals surface area contributed by atoms with Crippen molar-refractivity contribution in [2.45, 2.75) is 26.2 Å². The highest BCUT2D eigenvalue weighted by atomic mass is 16.5. The third kappa shape index (κ3) is 2.16. The number of benzene rings is 1. The van der Waals surface area contributed by atoms with Gasteiger partial charge in [-0.25, -0.2) is 0 Å². The second-order valence-electron chi connectivity index (χ2n) is 4.75. The first-order valence-electron chi connectivity index (χ1n) is 6.76. The Bertz CT molecular complexity index is 613. The van der Waals surface area contributed by atoms with Crippen LogP contribution in [-0.2, 0) is 6.42 Å². The molecule has 0 saturated carbocycles.